The SMILES string of the molecule is CC(Oc1ccc(F)cc1F)c1cccc(N)n1. The van der Waals surface area contributed by atoms with Crippen LogP contribution in [0.15, 0.2) is 36.4 Å². The first-order chi connectivity index (χ1) is 8.56. The summed E-state index contributed by atoms with van der Waals surface area (Å²) in [5.41, 5.74) is 6.13. The van der Waals surface area contributed by atoms with Gasteiger partial charge in [-0.3, -0.25) is 0 Å². The van der Waals surface area contributed by atoms with Gasteiger partial charge in [0.2, 0.25) is 0 Å². The van der Waals surface area contributed by atoms with Crippen LogP contribution in [0.1, 0.15) is 18.7 Å². The van der Waals surface area contributed by atoms with E-state index in [1.54, 1.807) is 25.1 Å². The molecule has 0 saturated heterocycles. The first-order valence-corrected chi connectivity index (χ1v) is 5.40. The van der Waals surface area contributed by atoms with E-state index >= 15 is 0 Å². The van der Waals surface area contributed by atoms with Gasteiger partial charge in [-0.05, 0) is 31.2 Å². The molecule has 1 aromatic heterocycles. The predicted octanol–water partition coefficient (Wildman–Crippen LogP) is 3.08. The number of benzene rings is 1. The molecule has 0 spiro atoms. The van der Waals surface area contributed by atoms with Crippen molar-refractivity contribution in [1.82, 2.24) is 4.98 Å². The second-order valence-electron chi connectivity index (χ2n) is 3.82. The van der Waals surface area contributed by atoms with E-state index in [4.69, 9.17) is 10.5 Å². The molecule has 1 atom stereocenters. The average Bonchev–Trinajstić information content (AvgIpc) is 2.32. The molecule has 2 N–H and O–H groups in total. The van der Waals surface area contributed by atoms with Crippen LogP contribution in [0.2, 0.25) is 0 Å². The largest absolute Gasteiger partial charge is 0.481 e. The number of rotatable bonds is 3. The van der Waals surface area contributed by atoms with Crippen molar-refractivity contribution in [3.05, 3.63) is 53.7 Å². The van der Waals surface area contributed by atoms with Crippen molar-refractivity contribution >= 4 is 5.82 Å². The maximum absolute atomic E-state index is 13.4. The molecule has 0 fully saturated rings. The van der Waals surface area contributed by atoms with Crippen LogP contribution in [0.5, 0.6) is 5.75 Å². The molecule has 0 aliphatic rings. The topological polar surface area (TPSA) is 48.1 Å². The molecule has 0 amide bonds. The van der Waals surface area contributed by atoms with Crippen LogP contribution in [0, 0.1) is 11.6 Å². The van der Waals surface area contributed by atoms with E-state index in [0.717, 1.165) is 12.1 Å². The summed E-state index contributed by atoms with van der Waals surface area (Å²) in [5, 5.41) is 0. The number of hydrogen-bond acceptors (Lipinski definition) is 3. The highest BCUT2D eigenvalue weighted by atomic mass is 19.1. The molecule has 0 bridgehead atoms. The first kappa shape index (κ1) is 12.3. The standard InChI is InChI=1S/C13H12F2N2O/c1-8(11-3-2-4-13(16)17-11)18-12-6-5-9(14)7-10(12)15/h2-8H,1H3,(H2,16,17). The lowest BCUT2D eigenvalue weighted by Crippen LogP contribution is -2.07. The Labute approximate surface area is 103 Å². The fourth-order valence-corrected chi connectivity index (χ4v) is 1.52. The van der Waals surface area contributed by atoms with Crippen LogP contribution in [-0.4, -0.2) is 4.98 Å². The fraction of sp³-hybridized carbons (Fsp3) is 0.154. The van der Waals surface area contributed by atoms with Crippen molar-refractivity contribution in [2.75, 3.05) is 5.73 Å². The third-order valence-corrected chi connectivity index (χ3v) is 2.41. The molecule has 2 aromatic rings. The van der Waals surface area contributed by atoms with Gasteiger partial charge in [0.15, 0.2) is 11.6 Å². The van der Waals surface area contributed by atoms with Gasteiger partial charge in [0.1, 0.15) is 17.7 Å². The van der Waals surface area contributed by atoms with E-state index in [2.05, 4.69) is 4.98 Å². The minimum atomic E-state index is -0.745. The normalized spacial score (nSPS) is 12.2. The number of halogens is 2. The number of ether oxygens (including phenoxy) is 1. The Bertz CT molecular complexity index is 560. The zero-order valence-electron chi connectivity index (χ0n) is 9.73. The quantitative estimate of drug-likeness (QED) is 0.910. The maximum Gasteiger partial charge on any atom is 0.168 e. The van der Waals surface area contributed by atoms with Crippen molar-refractivity contribution in [3.63, 3.8) is 0 Å². The minimum Gasteiger partial charge on any atom is -0.481 e. The van der Waals surface area contributed by atoms with Crippen LogP contribution in [0.3, 0.4) is 0 Å². The van der Waals surface area contributed by atoms with Gasteiger partial charge in [0, 0.05) is 6.07 Å². The second kappa shape index (κ2) is 5.00. The summed E-state index contributed by atoms with van der Waals surface area (Å²) in [5.74, 6) is -1.05. The smallest absolute Gasteiger partial charge is 0.168 e. The third kappa shape index (κ3) is 2.74. The molecule has 1 unspecified atom stereocenters. The molecule has 0 aliphatic heterocycles. The Morgan fingerprint density at radius 1 is 1.22 bits per heavy atom. The van der Waals surface area contributed by atoms with Gasteiger partial charge in [0.25, 0.3) is 0 Å². The Morgan fingerprint density at radius 3 is 2.67 bits per heavy atom. The lowest BCUT2D eigenvalue weighted by molar-refractivity contribution is 0.211. The summed E-state index contributed by atoms with van der Waals surface area (Å²) >= 11 is 0. The third-order valence-electron chi connectivity index (χ3n) is 2.41. The molecular weight excluding hydrogens is 238 g/mol. The number of anilines is 1. The molecule has 5 heteroatoms. The molecule has 18 heavy (non-hydrogen) atoms. The van der Waals surface area contributed by atoms with Crippen molar-refractivity contribution in [2.24, 2.45) is 0 Å². The van der Waals surface area contributed by atoms with E-state index in [-0.39, 0.29) is 5.75 Å². The zero-order chi connectivity index (χ0) is 13.1. The molecule has 2 rings (SSSR count). The number of nitrogens with two attached hydrogens (primary N) is 1. The van der Waals surface area contributed by atoms with E-state index in [1.165, 1.54) is 6.07 Å². The highest BCUT2D eigenvalue weighted by Gasteiger charge is 2.12. The van der Waals surface area contributed by atoms with Crippen molar-refractivity contribution in [3.8, 4) is 5.75 Å². The number of aromatic nitrogens is 1. The van der Waals surface area contributed by atoms with Crippen molar-refractivity contribution < 1.29 is 13.5 Å². The van der Waals surface area contributed by atoms with E-state index < -0.39 is 17.7 Å². The number of nitrogens with zero attached hydrogens (tertiary/aromatic N) is 1. The van der Waals surface area contributed by atoms with Gasteiger partial charge in [-0.25, -0.2) is 13.8 Å². The Balaban J connectivity index is 2.18. The molecule has 94 valence electrons. The Kier molecular flexibility index (Phi) is 3.41. The van der Waals surface area contributed by atoms with Crippen LogP contribution in [-0.2, 0) is 0 Å². The average molecular weight is 250 g/mol. The molecule has 3 nitrogen and oxygen atoms in total. The monoisotopic (exact) mass is 250 g/mol. The van der Waals surface area contributed by atoms with Gasteiger partial charge >= 0.3 is 0 Å². The molecule has 0 saturated carbocycles. The van der Waals surface area contributed by atoms with Crippen molar-refractivity contribution in [2.45, 2.75) is 13.0 Å². The van der Waals surface area contributed by atoms with Gasteiger partial charge < -0.3 is 10.5 Å². The lowest BCUT2D eigenvalue weighted by atomic mass is 10.2. The van der Waals surface area contributed by atoms with Crippen LogP contribution in [0.4, 0.5) is 14.6 Å². The van der Waals surface area contributed by atoms with Gasteiger partial charge in [-0.2, -0.15) is 0 Å². The molecule has 1 heterocycles. The zero-order valence-corrected chi connectivity index (χ0v) is 9.73. The van der Waals surface area contributed by atoms with Crippen LogP contribution < -0.4 is 10.5 Å². The number of hydrogen-bond donors (Lipinski definition) is 1. The molecule has 1 aromatic carbocycles. The van der Waals surface area contributed by atoms with Crippen molar-refractivity contribution in [1.29, 1.82) is 0 Å². The van der Waals surface area contributed by atoms with Crippen LogP contribution >= 0.6 is 0 Å². The first-order valence-electron chi connectivity index (χ1n) is 5.40. The minimum absolute atomic E-state index is 0.0203. The lowest BCUT2D eigenvalue weighted by Gasteiger charge is -2.15. The maximum atomic E-state index is 13.4. The summed E-state index contributed by atoms with van der Waals surface area (Å²) in [6.07, 6.45) is -0.478. The summed E-state index contributed by atoms with van der Waals surface area (Å²) in [4.78, 5) is 4.07. The Morgan fingerprint density at radius 2 is 2.00 bits per heavy atom. The predicted molar refractivity (Wildman–Crippen MR) is 64.1 cm³/mol. The second-order valence-corrected chi connectivity index (χ2v) is 3.82. The van der Waals surface area contributed by atoms with Crippen LogP contribution in [0.25, 0.3) is 0 Å². The highest BCUT2D eigenvalue weighted by Crippen LogP contribution is 2.24. The molecule has 0 radical (unpaired) electrons. The Hall–Kier alpha value is -2.17. The van der Waals surface area contributed by atoms with Gasteiger partial charge in [-0.1, -0.05) is 6.07 Å². The van der Waals surface area contributed by atoms with E-state index in [9.17, 15) is 8.78 Å². The number of pyridine rings is 1. The fourth-order valence-electron chi connectivity index (χ4n) is 1.52. The molecular formula is C13H12F2N2O. The van der Waals surface area contributed by atoms with Gasteiger partial charge in [0.05, 0.1) is 5.69 Å². The summed E-state index contributed by atoms with van der Waals surface area (Å²) in [6.45, 7) is 1.71. The molecule has 0 aliphatic carbocycles. The summed E-state index contributed by atoms with van der Waals surface area (Å²) in [6, 6.07) is 8.26. The summed E-state index contributed by atoms with van der Waals surface area (Å²) in [7, 11) is 0. The highest BCUT2D eigenvalue weighted by molar-refractivity contribution is 5.30. The number of nitrogen functional groups attached to an aromatic ring is 1. The van der Waals surface area contributed by atoms with E-state index in [1.807, 2.05) is 0 Å². The summed E-state index contributed by atoms with van der Waals surface area (Å²) < 4.78 is 31.5. The van der Waals surface area contributed by atoms with Gasteiger partial charge in [-0.15, -0.1) is 0 Å². The van der Waals surface area contributed by atoms with E-state index in [0.29, 0.717) is 11.5 Å².